The number of carbonyl (C=O) groups is 4. The first kappa shape index (κ1) is 18.7. The van der Waals surface area contributed by atoms with E-state index in [4.69, 9.17) is 9.47 Å². The molecule has 28 heavy (non-hydrogen) atoms. The zero-order chi connectivity index (χ0) is 19.9. The third kappa shape index (κ3) is 4.19. The molecule has 0 radical (unpaired) electrons. The summed E-state index contributed by atoms with van der Waals surface area (Å²) in [6.45, 7) is 0. The van der Waals surface area contributed by atoms with Crippen LogP contribution in [-0.2, 0) is 0 Å². The Kier molecular flexibility index (Phi) is 5.72. The number of benzene rings is 3. The van der Waals surface area contributed by atoms with E-state index < -0.39 is 11.9 Å². The van der Waals surface area contributed by atoms with Crippen LogP contribution < -0.4 is 9.47 Å². The average molecular weight is 374 g/mol. The van der Waals surface area contributed by atoms with Crippen LogP contribution >= 0.6 is 0 Å². The molecular formula is C22H14O6. The van der Waals surface area contributed by atoms with Gasteiger partial charge in [0, 0.05) is 0 Å². The molecule has 138 valence electrons. The van der Waals surface area contributed by atoms with Gasteiger partial charge in [-0.1, -0.05) is 30.3 Å². The molecule has 0 spiro atoms. The Labute approximate surface area is 160 Å². The fourth-order valence-electron chi connectivity index (χ4n) is 2.43. The molecule has 0 N–H and O–H groups in total. The number of rotatable bonds is 6. The molecule has 0 bridgehead atoms. The number of para-hydroxylation sites is 2. The van der Waals surface area contributed by atoms with Crippen molar-refractivity contribution in [2.45, 2.75) is 0 Å². The van der Waals surface area contributed by atoms with Gasteiger partial charge in [-0.25, -0.2) is 9.59 Å². The van der Waals surface area contributed by atoms with Gasteiger partial charge in [-0.2, -0.15) is 0 Å². The summed E-state index contributed by atoms with van der Waals surface area (Å²) < 4.78 is 10.5. The first-order valence-corrected chi connectivity index (χ1v) is 8.25. The molecule has 0 aromatic heterocycles. The average Bonchev–Trinajstić information content (AvgIpc) is 2.74. The van der Waals surface area contributed by atoms with Crippen LogP contribution in [0.5, 0.6) is 11.5 Å². The van der Waals surface area contributed by atoms with Gasteiger partial charge in [0.05, 0.1) is 22.3 Å². The standard InChI is InChI=1S/C22H14O6/c23-13-17-6-1-3-10-19(17)27-21(25)15-8-5-9-16(12-15)22(26)28-20-11-4-2-7-18(20)14-24/h1-14H. The normalized spacial score (nSPS) is 10.0. The van der Waals surface area contributed by atoms with Crippen LogP contribution in [0.1, 0.15) is 41.4 Å². The van der Waals surface area contributed by atoms with Gasteiger partial charge in [0.15, 0.2) is 12.6 Å². The van der Waals surface area contributed by atoms with E-state index in [-0.39, 0.29) is 33.8 Å². The summed E-state index contributed by atoms with van der Waals surface area (Å²) in [5.74, 6) is -1.21. The maximum atomic E-state index is 12.4. The van der Waals surface area contributed by atoms with Crippen molar-refractivity contribution in [3.05, 3.63) is 95.1 Å². The van der Waals surface area contributed by atoms with Crippen molar-refractivity contribution in [2.24, 2.45) is 0 Å². The van der Waals surface area contributed by atoms with Crippen LogP contribution in [0.3, 0.4) is 0 Å². The van der Waals surface area contributed by atoms with Gasteiger partial charge in [-0.15, -0.1) is 0 Å². The van der Waals surface area contributed by atoms with E-state index in [9.17, 15) is 19.2 Å². The topological polar surface area (TPSA) is 86.7 Å². The minimum absolute atomic E-state index is 0.110. The molecule has 0 aliphatic rings. The van der Waals surface area contributed by atoms with Crippen molar-refractivity contribution in [1.82, 2.24) is 0 Å². The van der Waals surface area contributed by atoms with Gasteiger partial charge in [-0.3, -0.25) is 9.59 Å². The van der Waals surface area contributed by atoms with E-state index >= 15 is 0 Å². The van der Waals surface area contributed by atoms with Gasteiger partial charge >= 0.3 is 11.9 Å². The molecule has 0 heterocycles. The Morgan fingerprint density at radius 3 is 1.46 bits per heavy atom. The largest absolute Gasteiger partial charge is 0.422 e. The highest BCUT2D eigenvalue weighted by atomic mass is 16.5. The molecule has 6 nitrogen and oxygen atoms in total. The predicted molar refractivity (Wildman–Crippen MR) is 100 cm³/mol. The van der Waals surface area contributed by atoms with Gasteiger partial charge in [-0.05, 0) is 42.5 Å². The van der Waals surface area contributed by atoms with Crippen LogP contribution in [0, 0.1) is 0 Å². The lowest BCUT2D eigenvalue weighted by molar-refractivity contribution is 0.0732. The van der Waals surface area contributed by atoms with Crippen molar-refractivity contribution in [1.29, 1.82) is 0 Å². The minimum Gasteiger partial charge on any atom is -0.422 e. The van der Waals surface area contributed by atoms with Crippen LogP contribution in [0.15, 0.2) is 72.8 Å². The molecule has 0 saturated carbocycles. The molecule has 3 aromatic carbocycles. The van der Waals surface area contributed by atoms with E-state index in [0.717, 1.165) is 0 Å². The van der Waals surface area contributed by atoms with Crippen molar-refractivity contribution in [2.75, 3.05) is 0 Å². The molecule has 0 fully saturated rings. The van der Waals surface area contributed by atoms with E-state index in [0.29, 0.717) is 12.6 Å². The fraction of sp³-hybridized carbons (Fsp3) is 0. The van der Waals surface area contributed by atoms with E-state index in [1.807, 2.05) is 0 Å². The van der Waals surface area contributed by atoms with E-state index in [1.54, 1.807) is 24.3 Å². The van der Waals surface area contributed by atoms with Gasteiger partial charge in [0.25, 0.3) is 0 Å². The van der Waals surface area contributed by atoms with Crippen molar-refractivity contribution >= 4 is 24.5 Å². The van der Waals surface area contributed by atoms with Crippen LogP contribution in [-0.4, -0.2) is 24.5 Å². The Morgan fingerprint density at radius 2 is 1.04 bits per heavy atom. The second-order valence-corrected chi connectivity index (χ2v) is 5.67. The third-order valence-electron chi connectivity index (χ3n) is 3.83. The van der Waals surface area contributed by atoms with Gasteiger partial charge < -0.3 is 9.47 Å². The molecule has 3 aromatic rings. The Morgan fingerprint density at radius 1 is 0.607 bits per heavy atom. The number of hydrogen-bond donors (Lipinski definition) is 0. The number of hydrogen-bond acceptors (Lipinski definition) is 6. The molecular weight excluding hydrogens is 360 g/mol. The van der Waals surface area contributed by atoms with Crippen molar-refractivity contribution in [3.8, 4) is 11.5 Å². The maximum Gasteiger partial charge on any atom is 0.343 e. The second kappa shape index (κ2) is 8.55. The minimum atomic E-state index is -0.725. The smallest absolute Gasteiger partial charge is 0.343 e. The quantitative estimate of drug-likeness (QED) is 0.371. The second-order valence-electron chi connectivity index (χ2n) is 5.67. The van der Waals surface area contributed by atoms with E-state index in [2.05, 4.69) is 0 Å². The molecule has 0 aliphatic carbocycles. The maximum absolute atomic E-state index is 12.4. The first-order valence-electron chi connectivity index (χ1n) is 8.25. The monoisotopic (exact) mass is 374 g/mol. The lowest BCUT2D eigenvalue weighted by atomic mass is 10.1. The highest BCUT2D eigenvalue weighted by Crippen LogP contribution is 2.20. The Balaban J connectivity index is 1.79. The van der Waals surface area contributed by atoms with Crippen molar-refractivity contribution < 1.29 is 28.7 Å². The summed E-state index contributed by atoms with van der Waals surface area (Å²) in [4.78, 5) is 46.8. The summed E-state index contributed by atoms with van der Waals surface area (Å²) in [7, 11) is 0. The third-order valence-corrected chi connectivity index (χ3v) is 3.83. The van der Waals surface area contributed by atoms with Crippen LogP contribution in [0.4, 0.5) is 0 Å². The molecule has 0 aliphatic heterocycles. The Bertz CT molecular complexity index is 973. The summed E-state index contributed by atoms with van der Waals surface area (Å²) >= 11 is 0. The Hall–Kier alpha value is -4.06. The van der Waals surface area contributed by atoms with Gasteiger partial charge in [0.2, 0.25) is 0 Å². The molecule has 0 atom stereocenters. The highest BCUT2D eigenvalue weighted by Gasteiger charge is 2.16. The molecule has 0 saturated heterocycles. The molecule has 6 heteroatoms. The number of carbonyl (C=O) groups excluding carboxylic acids is 4. The lowest BCUT2D eigenvalue weighted by Gasteiger charge is -2.09. The zero-order valence-corrected chi connectivity index (χ0v) is 14.5. The summed E-state index contributed by atoms with van der Waals surface area (Å²) in [6.07, 6.45) is 1.17. The van der Waals surface area contributed by atoms with Crippen molar-refractivity contribution in [3.63, 3.8) is 0 Å². The zero-order valence-electron chi connectivity index (χ0n) is 14.5. The molecule has 3 rings (SSSR count). The number of aldehydes is 2. The lowest BCUT2D eigenvalue weighted by Crippen LogP contribution is -2.13. The number of ether oxygens (including phenoxy) is 2. The summed E-state index contributed by atoms with van der Waals surface area (Å²) in [6, 6.07) is 18.4. The van der Waals surface area contributed by atoms with E-state index in [1.165, 1.54) is 48.5 Å². The highest BCUT2D eigenvalue weighted by molar-refractivity contribution is 5.97. The fourth-order valence-corrected chi connectivity index (χ4v) is 2.43. The van der Waals surface area contributed by atoms with Crippen LogP contribution in [0.2, 0.25) is 0 Å². The summed E-state index contributed by atoms with van der Waals surface area (Å²) in [5.41, 5.74) is 0.686. The summed E-state index contributed by atoms with van der Waals surface area (Å²) in [5, 5.41) is 0. The first-order chi connectivity index (χ1) is 13.6. The van der Waals surface area contributed by atoms with Crippen LogP contribution in [0.25, 0.3) is 0 Å². The van der Waals surface area contributed by atoms with Gasteiger partial charge in [0.1, 0.15) is 11.5 Å². The predicted octanol–water partition coefficient (Wildman–Crippen LogP) is 3.75. The molecule has 0 amide bonds. The SMILES string of the molecule is O=Cc1ccccc1OC(=O)c1cccc(C(=O)Oc2ccccc2C=O)c1. The number of esters is 2. The molecule has 0 unspecified atom stereocenters.